The van der Waals surface area contributed by atoms with E-state index in [1.54, 1.807) is 6.26 Å². The topological polar surface area (TPSA) is 54.8 Å². The van der Waals surface area contributed by atoms with Crippen LogP contribution in [0.5, 0.6) is 0 Å². The van der Waals surface area contributed by atoms with E-state index in [0.717, 1.165) is 53.9 Å². The number of hydrogen-bond acceptors (Lipinski definition) is 3. The number of fused-ring (bicyclic) bond motifs is 2. The number of para-hydroxylation sites is 1. The third kappa shape index (κ3) is 1.50. The van der Waals surface area contributed by atoms with Crippen LogP contribution < -0.4 is 0 Å². The molecule has 0 N–H and O–H groups in total. The lowest BCUT2D eigenvalue weighted by Crippen LogP contribution is -2.11. The predicted molar refractivity (Wildman–Crippen MR) is 75.1 cm³/mol. The van der Waals surface area contributed by atoms with Crippen LogP contribution in [0.4, 0.5) is 0 Å². The summed E-state index contributed by atoms with van der Waals surface area (Å²) in [5.41, 5.74) is 3.16. The lowest BCUT2D eigenvalue weighted by atomic mass is 10.1. The Morgan fingerprint density at radius 3 is 3.05 bits per heavy atom. The molecule has 0 saturated carbocycles. The van der Waals surface area contributed by atoms with Crippen LogP contribution >= 0.6 is 0 Å². The molecule has 0 bridgehead atoms. The highest BCUT2D eigenvalue weighted by atomic mass is 16.3. The molecule has 0 fully saturated rings. The molecule has 3 aromatic rings. The SMILES string of the molecule is N#Cc1c(-c2coc3ccccc23)nc2n1CCCC2. The molecule has 0 spiro atoms. The molecule has 0 radical (unpaired) electrons. The first kappa shape index (κ1) is 11.3. The minimum absolute atomic E-state index is 0.659. The largest absolute Gasteiger partial charge is 0.464 e. The van der Waals surface area contributed by atoms with E-state index in [0.29, 0.717) is 5.69 Å². The molecule has 1 aliphatic rings. The summed E-state index contributed by atoms with van der Waals surface area (Å²) < 4.78 is 7.63. The molecule has 4 heteroatoms. The molecule has 1 aromatic carbocycles. The fraction of sp³-hybridized carbons (Fsp3) is 0.250. The zero-order valence-corrected chi connectivity index (χ0v) is 11.0. The minimum atomic E-state index is 0.659. The van der Waals surface area contributed by atoms with Crippen molar-refractivity contribution >= 4 is 11.0 Å². The summed E-state index contributed by atoms with van der Waals surface area (Å²) in [7, 11) is 0. The Bertz CT molecular complexity index is 835. The average molecular weight is 263 g/mol. The van der Waals surface area contributed by atoms with Crippen molar-refractivity contribution < 1.29 is 4.42 Å². The van der Waals surface area contributed by atoms with Gasteiger partial charge in [0.1, 0.15) is 35.1 Å². The molecular formula is C16H13N3O. The number of rotatable bonds is 1. The van der Waals surface area contributed by atoms with E-state index >= 15 is 0 Å². The van der Waals surface area contributed by atoms with Gasteiger partial charge in [-0.2, -0.15) is 5.26 Å². The van der Waals surface area contributed by atoms with E-state index in [9.17, 15) is 5.26 Å². The van der Waals surface area contributed by atoms with Gasteiger partial charge >= 0.3 is 0 Å². The van der Waals surface area contributed by atoms with Gasteiger partial charge in [0.2, 0.25) is 0 Å². The summed E-state index contributed by atoms with van der Waals surface area (Å²) in [6.45, 7) is 0.890. The standard InChI is InChI=1S/C16H13N3O/c17-9-13-16(18-15-7-3-4-8-19(13)15)12-10-20-14-6-2-1-5-11(12)14/h1-2,5-6,10H,3-4,7-8H2. The van der Waals surface area contributed by atoms with Gasteiger partial charge in [0.15, 0.2) is 0 Å². The van der Waals surface area contributed by atoms with Crippen LogP contribution in [0.25, 0.3) is 22.2 Å². The van der Waals surface area contributed by atoms with Crippen molar-refractivity contribution in [1.82, 2.24) is 9.55 Å². The molecule has 3 heterocycles. The summed E-state index contributed by atoms with van der Waals surface area (Å²) in [4.78, 5) is 4.69. The van der Waals surface area contributed by atoms with E-state index in [1.807, 2.05) is 24.3 Å². The van der Waals surface area contributed by atoms with E-state index in [2.05, 4.69) is 10.6 Å². The fourth-order valence-corrected chi connectivity index (χ4v) is 2.95. The average Bonchev–Trinajstić information content (AvgIpc) is 3.07. The maximum Gasteiger partial charge on any atom is 0.148 e. The Labute approximate surface area is 116 Å². The van der Waals surface area contributed by atoms with Crippen molar-refractivity contribution in [3.05, 3.63) is 42.0 Å². The van der Waals surface area contributed by atoms with Gasteiger partial charge < -0.3 is 8.98 Å². The lowest BCUT2D eigenvalue weighted by Gasteiger charge is -2.13. The van der Waals surface area contributed by atoms with E-state index in [1.165, 1.54) is 0 Å². The summed E-state index contributed by atoms with van der Waals surface area (Å²) in [5, 5.41) is 10.5. The molecule has 0 atom stereocenters. The van der Waals surface area contributed by atoms with Crippen LogP contribution in [0.1, 0.15) is 24.4 Å². The molecule has 0 unspecified atom stereocenters. The molecule has 4 nitrogen and oxygen atoms in total. The highest BCUT2D eigenvalue weighted by Gasteiger charge is 2.22. The van der Waals surface area contributed by atoms with Gasteiger partial charge in [0.25, 0.3) is 0 Å². The van der Waals surface area contributed by atoms with E-state index < -0.39 is 0 Å². The van der Waals surface area contributed by atoms with Crippen LogP contribution in [0.3, 0.4) is 0 Å². The number of benzene rings is 1. The second-order valence-corrected chi connectivity index (χ2v) is 5.09. The maximum absolute atomic E-state index is 9.49. The van der Waals surface area contributed by atoms with Crippen LogP contribution in [0.15, 0.2) is 34.9 Å². The lowest BCUT2D eigenvalue weighted by molar-refractivity contribution is 0.519. The van der Waals surface area contributed by atoms with Gasteiger partial charge in [-0.25, -0.2) is 4.98 Å². The molecule has 2 aromatic heterocycles. The molecular weight excluding hydrogens is 250 g/mol. The Hall–Kier alpha value is -2.54. The summed E-state index contributed by atoms with van der Waals surface area (Å²) in [6.07, 6.45) is 4.92. The highest BCUT2D eigenvalue weighted by Crippen LogP contribution is 2.33. The number of aryl methyl sites for hydroxylation is 1. The fourth-order valence-electron chi connectivity index (χ4n) is 2.95. The summed E-state index contributed by atoms with van der Waals surface area (Å²) in [6, 6.07) is 10.2. The van der Waals surface area contributed by atoms with Gasteiger partial charge in [0, 0.05) is 23.9 Å². The molecule has 1 aliphatic heterocycles. The Kier molecular flexibility index (Phi) is 2.40. The smallest absolute Gasteiger partial charge is 0.148 e. The molecule has 0 saturated heterocycles. The van der Waals surface area contributed by atoms with Gasteiger partial charge in [-0.05, 0) is 18.9 Å². The first-order chi connectivity index (χ1) is 9.88. The summed E-state index contributed by atoms with van der Waals surface area (Å²) >= 11 is 0. The number of hydrogen-bond donors (Lipinski definition) is 0. The Morgan fingerprint density at radius 2 is 2.15 bits per heavy atom. The van der Waals surface area contributed by atoms with Gasteiger partial charge in [0.05, 0.1) is 0 Å². The highest BCUT2D eigenvalue weighted by molar-refractivity contribution is 5.94. The third-order valence-electron chi connectivity index (χ3n) is 3.92. The Balaban J connectivity index is 1.99. The zero-order valence-electron chi connectivity index (χ0n) is 11.0. The second-order valence-electron chi connectivity index (χ2n) is 5.09. The minimum Gasteiger partial charge on any atom is -0.464 e. The normalized spacial score (nSPS) is 14.2. The van der Waals surface area contributed by atoms with E-state index in [-0.39, 0.29) is 0 Å². The van der Waals surface area contributed by atoms with Crippen molar-refractivity contribution in [1.29, 1.82) is 5.26 Å². The predicted octanol–water partition coefficient (Wildman–Crippen LogP) is 3.50. The zero-order chi connectivity index (χ0) is 13.5. The number of aromatic nitrogens is 2. The van der Waals surface area contributed by atoms with Crippen molar-refractivity contribution in [3.8, 4) is 17.3 Å². The van der Waals surface area contributed by atoms with Gasteiger partial charge in [-0.15, -0.1) is 0 Å². The van der Waals surface area contributed by atoms with Crippen LogP contribution in [-0.2, 0) is 13.0 Å². The molecule has 98 valence electrons. The van der Waals surface area contributed by atoms with Gasteiger partial charge in [-0.3, -0.25) is 0 Å². The second kappa shape index (κ2) is 4.24. The maximum atomic E-state index is 9.49. The van der Waals surface area contributed by atoms with Gasteiger partial charge in [-0.1, -0.05) is 18.2 Å². The molecule has 0 aliphatic carbocycles. The number of nitrogens with zero attached hydrogens (tertiary/aromatic N) is 3. The summed E-state index contributed by atoms with van der Waals surface area (Å²) in [5.74, 6) is 1.02. The number of nitriles is 1. The third-order valence-corrected chi connectivity index (χ3v) is 3.92. The van der Waals surface area contributed by atoms with Crippen LogP contribution in [0.2, 0.25) is 0 Å². The van der Waals surface area contributed by atoms with Crippen LogP contribution in [0, 0.1) is 11.3 Å². The Morgan fingerprint density at radius 1 is 1.25 bits per heavy atom. The molecule has 4 rings (SSSR count). The van der Waals surface area contributed by atoms with Crippen molar-refractivity contribution in [3.63, 3.8) is 0 Å². The van der Waals surface area contributed by atoms with E-state index in [4.69, 9.17) is 9.40 Å². The monoisotopic (exact) mass is 263 g/mol. The first-order valence-electron chi connectivity index (χ1n) is 6.84. The van der Waals surface area contributed by atoms with Crippen molar-refractivity contribution in [2.45, 2.75) is 25.8 Å². The molecule has 20 heavy (non-hydrogen) atoms. The number of imidazole rings is 1. The van der Waals surface area contributed by atoms with Crippen molar-refractivity contribution in [2.75, 3.05) is 0 Å². The first-order valence-corrected chi connectivity index (χ1v) is 6.84. The quantitative estimate of drug-likeness (QED) is 0.675. The van der Waals surface area contributed by atoms with Crippen LogP contribution in [-0.4, -0.2) is 9.55 Å². The van der Waals surface area contributed by atoms with Crippen molar-refractivity contribution in [2.24, 2.45) is 0 Å². The number of furan rings is 1. The molecule has 0 amide bonds.